The van der Waals surface area contributed by atoms with Crippen LogP contribution in [0.15, 0.2) is 0 Å². The monoisotopic (exact) mass is 286 g/mol. The minimum Gasteiger partial charge on any atom is -0.383 e. The van der Waals surface area contributed by atoms with Gasteiger partial charge in [0.2, 0.25) is 0 Å². The second-order valence-electron chi connectivity index (χ2n) is 6.33. The molecular weight excluding hydrogens is 252 g/mol. The van der Waals surface area contributed by atoms with Crippen LogP contribution in [0.3, 0.4) is 0 Å². The van der Waals surface area contributed by atoms with Gasteiger partial charge in [0.1, 0.15) is 0 Å². The van der Waals surface area contributed by atoms with Gasteiger partial charge in [-0.15, -0.1) is 0 Å². The van der Waals surface area contributed by atoms with Gasteiger partial charge in [0.25, 0.3) is 0 Å². The molecule has 2 atom stereocenters. The van der Waals surface area contributed by atoms with Crippen LogP contribution >= 0.6 is 0 Å². The van der Waals surface area contributed by atoms with Crippen LogP contribution in [0.4, 0.5) is 0 Å². The average molecular weight is 286 g/mol. The molecule has 4 nitrogen and oxygen atoms in total. The fraction of sp³-hybridized carbons (Fsp3) is 1.00. The predicted octanol–water partition coefficient (Wildman–Crippen LogP) is 2.00. The molecule has 1 aliphatic rings. The second-order valence-corrected chi connectivity index (χ2v) is 6.33. The van der Waals surface area contributed by atoms with Crippen molar-refractivity contribution in [1.29, 1.82) is 0 Å². The summed E-state index contributed by atoms with van der Waals surface area (Å²) in [5.41, 5.74) is 0. The summed E-state index contributed by atoms with van der Waals surface area (Å²) in [7, 11) is 1.78. The Labute approximate surface area is 125 Å². The summed E-state index contributed by atoms with van der Waals surface area (Å²) in [6.07, 6.45) is 2.34. The fourth-order valence-corrected chi connectivity index (χ4v) is 2.90. The van der Waals surface area contributed by atoms with Crippen LogP contribution in [0.1, 0.15) is 33.6 Å². The summed E-state index contributed by atoms with van der Waals surface area (Å²) in [5.74, 6) is 1.30. The predicted molar refractivity (Wildman–Crippen MR) is 84.2 cm³/mol. The number of nitrogens with zero attached hydrogens (tertiary/aromatic N) is 1. The van der Waals surface area contributed by atoms with E-state index in [1.807, 2.05) is 0 Å². The molecule has 1 rings (SSSR count). The third-order valence-corrected chi connectivity index (χ3v) is 3.86. The summed E-state index contributed by atoms with van der Waals surface area (Å²) in [5, 5.41) is 3.70. The van der Waals surface area contributed by atoms with Crippen molar-refractivity contribution in [2.24, 2.45) is 11.8 Å². The van der Waals surface area contributed by atoms with Crippen molar-refractivity contribution >= 4 is 0 Å². The molecule has 0 bridgehead atoms. The molecule has 0 saturated carbocycles. The average Bonchev–Trinajstić information content (AvgIpc) is 2.43. The van der Waals surface area contributed by atoms with E-state index < -0.39 is 0 Å². The number of hydrogen-bond acceptors (Lipinski definition) is 4. The Bertz CT molecular complexity index is 237. The van der Waals surface area contributed by atoms with E-state index in [1.165, 1.54) is 6.42 Å². The lowest BCUT2D eigenvalue weighted by molar-refractivity contribution is 0.0116. The highest BCUT2D eigenvalue weighted by atomic mass is 16.5. The summed E-state index contributed by atoms with van der Waals surface area (Å²) in [6, 6.07) is 0.612. The molecular formula is C16H34N2O2. The molecule has 1 saturated heterocycles. The van der Waals surface area contributed by atoms with Gasteiger partial charge in [0.05, 0.1) is 13.2 Å². The van der Waals surface area contributed by atoms with Crippen molar-refractivity contribution in [3.05, 3.63) is 0 Å². The fourth-order valence-electron chi connectivity index (χ4n) is 2.90. The molecule has 0 radical (unpaired) electrons. The Morgan fingerprint density at radius 1 is 1.40 bits per heavy atom. The lowest BCUT2D eigenvalue weighted by Crippen LogP contribution is -2.49. The van der Waals surface area contributed by atoms with Crippen LogP contribution in [-0.4, -0.2) is 64.1 Å². The molecule has 0 aliphatic carbocycles. The van der Waals surface area contributed by atoms with E-state index in [9.17, 15) is 0 Å². The maximum atomic E-state index is 5.70. The topological polar surface area (TPSA) is 33.7 Å². The number of methoxy groups -OCH3 is 1. The van der Waals surface area contributed by atoms with Gasteiger partial charge < -0.3 is 19.7 Å². The number of ether oxygens (including phenoxy) is 2. The molecule has 1 heterocycles. The Morgan fingerprint density at radius 2 is 2.20 bits per heavy atom. The standard InChI is InChI=1S/C16H34N2O2/c1-5-7-17-16-6-9-20-13-15(16)12-18(8-10-19-4)11-14(2)3/h14-17H,5-13H2,1-4H3. The molecule has 0 spiro atoms. The van der Waals surface area contributed by atoms with Crippen LogP contribution in [0, 0.1) is 11.8 Å². The smallest absolute Gasteiger partial charge is 0.0589 e. The van der Waals surface area contributed by atoms with E-state index in [0.29, 0.717) is 17.9 Å². The van der Waals surface area contributed by atoms with E-state index in [2.05, 4.69) is 31.0 Å². The Hall–Kier alpha value is -0.160. The zero-order valence-electron chi connectivity index (χ0n) is 13.9. The maximum absolute atomic E-state index is 5.70. The molecule has 1 N–H and O–H groups in total. The van der Waals surface area contributed by atoms with E-state index in [1.54, 1.807) is 7.11 Å². The largest absolute Gasteiger partial charge is 0.383 e. The maximum Gasteiger partial charge on any atom is 0.0589 e. The summed E-state index contributed by atoms with van der Waals surface area (Å²) in [6.45, 7) is 13.8. The summed E-state index contributed by atoms with van der Waals surface area (Å²) < 4.78 is 11.0. The molecule has 0 amide bonds. The highest BCUT2D eigenvalue weighted by Crippen LogP contribution is 2.17. The normalized spacial score (nSPS) is 23.7. The molecule has 2 unspecified atom stereocenters. The Balaban J connectivity index is 2.48. The van der Waals surface area contributed by atoms with E-state index >= 15 is 0 Å². The number of nitrogens with one attached hydrogen (secondary N) is 1. The van der Waals surface area contributed by atoms with Gasteiger partial charge >= 0.3 is 0 Å². The van der Waals surface area contributed by atoms with E-state index in [4.69, 9.17) is 9.47 Å². The van der Waals surface area contributed by atoms with Gasteiger partial charge in [0, 0.05) is 45.3 Å². The van der Waals surface area contributed by atoms with Crippen molar-refractivity contribution in [2.75, 3.05) is 53.1 Å². The molecule has 0 aromatic heterocycles. The van der Waals surface area contributed by atoms with Crippen molar-refractivity contribution in [2.45, 2.75) is 39.7 Å². The Kier molecular flexibility index (Phi) is 9.44. The number of hydrogen-bond donors (Lipinski definition) is 1. The first kappa shape index (κ1) is 17.9. The van der Waals surface area contributed by atoms with Crippen LogP contribution in [0.5, 0.6) is 0 Å². The van der Waals surface area contributed by atoms with Crippen LogP contribution in [0.25, 0.3) is 0 Å². The molecule has 120 valence electrons. The van der Waals surface area contributed by atoms with Gasteiger partial charge in [-0.2, -0.15) is 0 Å². The van der Waals surface area contributed by atoms with E-state index in [-0.39, 0.29) is 0 Å². The molecule has 1 fully saturated rings. The highest BCUT2D eigenvalue weighted by molar-refractivity contribution is 4.82. The van der Waals surface area contributed by atoms with Crippen LogP contribution in [0.2, 0.25) is 0 Å². The molecule has 0 aromatic carbocycles. The molecule has 0 aromatic rings. The molecule has 4 heteroatoms. The minimum atomic E-state index is 0.603. The summed E-state index contributed by atoms with van der Waals surface area (Å²) >= 11 is 0. The second kappa shape index (κ2) is 10.6. The van der Waals surface area contributed by atoms with E-state index in [0.717, 1.165) is 52.4 Å². The first-order valence-electron chi connectivity index (χ1n) is 8.19. The summed E-state index contributed by atoms with van der Waals surface area (Å²) in [4.78, 5) is 2.54. The Morgan fingerprint density at radius 3 is 2.85 bits per heavy atom. The minimum absolute atomic E-state index is 0.603. The van der Waals surface area contributed by atoms with Gasteiger partial charge in [-0.1, -0.05) is 20.8 Å². The quantitative estimate of drug-likeness (QED) is 0.666. The molecule has 20 heavy (non-hydrogen) atoms. The van der Waals surface area contributed by atoms with Gasteiger partial charge in [-0.05, 0) is 25.3 Å². The van der Waals surface area contributed by atoms with Crippen LogP contribution < -0.4 is 5.32 Å². The third kappa shape index (κ3) is 7.02. The SMILES string of the molecule is CCCNC1CCOCC1CN(CCOC)CC(C)C. The van der Waals surface area contributed by atoms with Crippen molar-refractivity contribution in [1.82, 2.24) is 10.2 Å². The highest BCUT2D eigenvalue weighted by Gasteiger charge is 2.27. The van der Waals surface area contributed by atoms with Crippen LogP contribution in [-0.2, 0) is 9.47 Å². The number of rotatable bonds is 10. The van der Waals surface area contributed by atoms with Gasteiger partial charge in [0.15, 0.2) is 0 Å². The molecule has 1 aliphatic heterocycles. The third-order valence-electron chi connectivity index (χ3n) is 3.86. The van der Waals surface area contributed by atoms with Crippen molar-refractivity contribution in [3.8, 4) is 0 Å². The zero-order chi connectivity index (χ0) is 14.8. The van der Waals surface area contributed by atoms with Gasteiger partial charge in [-0.3, -0.25) is 0 Å². The first-order chi connectivity index (χ1) is 9.67. The van der Waals surface area contributed by atoms with Gasteiger partial charge in [-0.25, -0.2) is 0 Å². The zero-order valence-corrected chi connectivity index (χ0v) is 13.9. The lowest BCUT2D eigenvalue weighted by Gasteiger charge is -2.36. The lowest BCUT2D eigenvalue weighted by atomic mass is 9.94. The van der Waals surface area contributed by atoms with Crippen molar-refractivity contribution < 1.29 is 9.47 Å². The first-order valence-corrected chi connectivity index (χ1v) is 8.19. The van der Waals surface area contributed by atoms with Crippen molar-refractivity contribution in [3.63, 3.8) is 0 Å².